The molecule has 0 spiro atoms. The number of aliphatic hydroxyl groups excluding tert-OH is 1. The molecule has 1 aliphatic heterocycles. The van der Waals surface area contributed by atoms with Crippen molar-refractivity contribution in [2.75, 3.05) is 13.1 Å². The molecule has 130 valence electrons. The number of aromatic nitrogens is 3. The summed E-state index contributed by atoms with van der Waals surface area (Å²) in [5, 5.41) is 14.9. The van der Waals surface area contributed by atoms with Crippen LogP contribution in [0.15, 0.2) is 12.3 Å². The van der Waals surface area contributed by atoms with Gasteiger partial charge in [0.25, 0.3) is 5.91 Å². The summed E-state index contributed by atoms with van der Waals surface area (Å²) < 4.78 is 1.87. The van der Waals surface area contributed by atoms with E-state index in [0.717, 1.165) is 16.7 Å². The molecule has 0 bridgehead atoms. The molecule has 0 atom stereocenters. The summed E-state index contributed by atoms with van der Waals surface area (Å²) in [4.78, 5) is 19.6. The molecule has 3 heterocycles. The van der Waals surface area contributed by atoms with Crippen LogP contribution >= 0.6 is 0 Å². The zero-order chi connectivity index (χ0) is 17.4. The quantitative estimate of drug-likeness (QED) is 0.939. The van der Waals surface area contributed by atoms with Crippen LogP contribution < -0.4 is 0 Å². The Morgan fingerprint density at radius 1 is 1.25 bits per heavy atom. The number of piperidine rings is 1. The second-order valence-corrected chi connectivity index (χ2v) is 7.19. The van der Waals surface area contributed by atoms with Crippen LogP contribution in [0.4, 0.5) is 0 Å². The maximum absolute atomic E-state index is 13.1. The largest absolute Gasteiger partial charge is 0.393 e. The maximum Gasteiger partial charge on any atom is 0.254 e. The Bertz CT molecular complexity index is 743. The van der Waals surface area contributed by atoms with Gasteiger partial charge in [0.2, 0.25) is 0 Å². The van der Waals surface area contributed by atoms with Crippen molar-refractivity contribution in [1.82, 2.24) is 19.7 Å². The van der Waals surface area contributed by atoms with Crippen LogP contribution in [-0.2, 0) is 0 Å². The fourth-order valence-corrected chi connectivity index (χ4v) is 3.13. The number of aliphatic hydroxyl groups is 1. The maximum atomic E-state index is 13.1. The van der Waals surface area contributed by atoms with Crippen molar-refractivity contribution in [2.45, 2.75) is 58.6 Å². The van der Waals surface area contributed by atoms with E-state index < -0.39 is 0 Å². The lowest BCUT2D eigenvalue weighted by Crippen LogP contribution is -2.40. The molecule has 1 fully saturated rings. The Labute approximate surface area is 142 Å². The Morgan fingerprint density at radius 3 is 2.50 bits per heavy atom. The third kappa shape index (κ3) is 3.02. The molecule has 2 aromatic rings. The molecule has 1 N–H and O–H groups in total. The number of rotatable bonds is 3. The summed E-state index contributed by atoms with van der Waals surface area (Å²) in [6.07, 6.45) is 2.74. The smallest absolute Gasteiger partial charge is 0.254 e. The summed E-state index contributed by atoms with van der Waals surface area (Å²) in [7, 11) is 0. The lowest BCUT2D eigenvalue weighted by Gasteiger charge is -2.30. The molecule has 3 rings (SSSR count). The topological polar surface area (TPSA) is 71.2 Å². The normalized spacial score (nSPS) is 16.5. The number of likely N-dealkylation sites (tertiary alicyclic amines) is 1. The Kier molecular flexibility index (Phi) is 4.58. The SMILES string of the molecule is CC(C)c1cc(C(=O)N2CCC(O)CC2)c2cnn(C(C)C)c2n1. The average Bonchev–Trinajstić information content (AvgIpc) is 2.98. The molecule has 0 radical (unpaired) electrons. The predicted octanol–water partition coefficient (Wildman–Crippen LogP) is 2.73. The second kappa shape index (κ2) is 6.51. The molecule has 1 aliphatic rings. The minimum Gasteiger partial charge on any atom is -0.393 e. The van der Waals surface area contributed by atoms with Gasteiger partial charge < -0.3 is 10.0 Å². The summed E-state index contributed by atoms with van der Waals surface area (Å²) in [5.74, 6) is 0.249. The first-order valence-corrected chi connectivity index (χ1v) is 8.74. The zero-order valence-corrected chi connectivity index (χ0v) is 14.9. The van der Waals surface area contributed by atoms with Crippen LogP contribution in [0.1, 0.15) is 68.5 Å². The fraction of sp³-hybridized carbons (Fsp3) is 0.611. The second-order valence-electron chi connectivity index (χ2n) is 7.19. The van der Waals surface area contributed by atoms with Crippen molar-refractivity contribution in [2.24, 2.45) is 0 Å². The number of hydrogen-bond donors (Lipinski definition) is 1. The number of nitrogens with zero attached hydrogens (tertiary/aromatic N) is 4. The molecule has 1 saturated heterocycles. The minimum atomic E-state index is -0.290. The fourth-order valence-electron chi connectivity index (χ4n) is 3.13. The van der Waals surface area contributed by atoms with Crippen LogP contribution in [-0.4, -0.2) is 49.9 Å². The first-order valence-electron chi connectivity index (χ1n) is 8.74. The van der Waals surface area contributed by atoms with Gasteiger partial charge in [-0.2, -0.15) is 5.10 Å². The Hall–Kier alpha value is -1.95. The molecule has 0 saturated carbocycles. The van der Waals surface area contributed by atoms with Crippen LogP contribution in [0.2, 0.25) is 0 Å². The summed E-state index contributed by atoms with van der Waals surface area (Å²) in [6.45, 7) is 9.47. The van der Waals surface area contributed by atoms with E-state index in [9.17, 15) is 9.90 Å². The molecule has 6 nitrogen and oxygen atoms in total. The number of hydrogen-bond acceptors (Lipinski definition) is 4. The summed E-state index contributed by atoms with van der Waals surface area (Å²) in [6, 6.07) is 2.10. The predicted molar refractivity (Wildman–Crippen MR) is 93.1 cm³/mol. The average molecular weight is 330 g/mol. The highest BCUT2D eigenvalue weighted by atomic mass is 16.3. The van der Waals surface area contributed by atoms with E-state index in [1.807, 2.05) is 15.6 Å². The number of carbonyl (C=O) groups excluding carboxylic acids is 1. The van der Waals surface area contributed by atoms with E-state index in [2.05, 4.69) is 32.8 Å². The summed E-state index contributed by atoms with van der Waals surface area (Å²) in [5.41, 5.74) is 2.36. The zero-order valence-electron chi connectivity index (χ0n) is 14.9. The van der Waals surface area contributed by atoms with E-state index >= 15 is 0 Å². The van der Waals surface area contributed by atoms with Crippen molar-refractivity contribution in [3.63, 3.8) is 0 Å². The van der Waals surface area contributed by atoms with Gasteiger partial charge in [-0.05, 0) is 38.7 Å². The Balaban J connectivity index is 2.07. The molecule has 0 aliphatic carbocycles. The van der Waals surface area contributed by atoms with Gasteiger partial charge in [0.05, 0.1) is 23.3 Å². The number of amides is 1. The number of pyridine rings is 1. The van der Waals surface area contributed by atoms with Crippen LogP contribution in [0.5, 0.6) is 0 Å². The highest BCUT2D eigenvalue weighted by Crippen LogP contribution is 2.26. The molecule has 0 aromatic carbocycles. The lowest BCUT2D eigenvalue weighted by atomic mass is 10.0. The van der Waals surface area contributed by atoms with Crippen molar-refractivity contribution in [3.8, 4) is 0 Å². The molecule has 6 heteroatoms. The van der Waals surface area contributed by atoms with Gasteiger partial charge in [-0.3, -0.25) is 4.79 Å². The minimum absolute atomic E-state index is 0.0134. The third-order valence-corrected chi connectivity index (χ3v) is 4.65. The van der Waals surface area contributed by atoms with E-state index in [0.29, 0.717) is 31.5 Å². The highest BCUT2D eigenvalue weighted by molar-refractivity contribution is 6.05. The van der Waals surface area contributed by atoms with Crippen molar-refractivity contribution >= 4 is 16.9 Å². The van der Waals surface area contributed by atoms with Crippen molar-refractivity contribution in [3.05, 3.63) is 23.5 Å². The van der Waals surface area contributed by atoms with E-state index in [1.165, 1.54) is 0 Å². The standard InChI is InChI=1S/C18H26N4O2/c1-11(2)16-9-14(18(24)21-7-5-13(23)6-8-21)15-10-19-22(12(3)4)17(15)20-16/h9-13,23H,5-8H2,1-4H3. The van der Waals surface area contributed by atoms with Crippen molar-refractivity contribution < 1.29 is 9.90 Å². The third-order valence-electron chi connectivity index (χ3n) is 4.65. The van der Waals surface area contributed by atoms with Gasteiger partial charge in [0, 0.05) is 24.8 Å². The van der Waals surface area contributed by atoms with E-state index in [1.54, 1.807) is 6.20 Å². The van der Waals surface area contributed by atoms with E-state index in [4.69, 9.17) is 4.98 Å². The van der Waals surface area contributed by atoms with E-state index in [-0.39, 0.29) is 24.0 Å². The molecule has 1 amide bonds. The van der Waals surface area contributed by atoms with Gasteiger partial charge in [0.1, 0.15) is 0 Å². The summed E-state index contributed by atoms with van der Waals surface area (Å²) >= 11 is 0. The van der Waals surface area contributed by atoms with Crippen LogP contribution in [0.3, 0.4) is 0 Å². The van der Waals surface area contributed by atoms with Crippen LogP contribution in [0, 0.1) is 0 Å². The molecule has 2 aromatic heterocycles. The molecular weight excluding hydrogens is 304 g/mol. The first kappa shape index (κ1) is 16.9. The lowest BCUT2D eigenvalue weighted by molar-refractivity contribution is 0.0548. The molecule has 0 unspecified atom stereocenters. The monoisotopic (exact) mass is 330 g/mol. The van der Waals surface area contributed by atoms with Crippen LogP contribution in [0.25, 0.3) is 11.0 Å². The Morgan fingerprint density at radius 2 is 1.92 bits per heavy atom. The molecular formula is C18H26N4O2. The number of carbonyl (C=O) groups is 1. The first-order chi connectivity index (χ1) is 11.4. The highest BCUT2D eigenvalue weighted by Gasteiger charge is 2.26. The molecule has 24 heavy (non-hydrogen) atoms. The number of fused-ring (bicyclic) bond motifs is 1. The van der Waals surface area contributed by atoms with Gasteiger partial charge >= 0.3 is 0 Å². The van der Waals surface area contributed by atoms with Gasteiger partial charge in [-0.15, -0.1) is 0 Å². The van der Waals surface area contributed by atoms with Gasteiger partial charge in [-0.25, -0.2) is 9.67 Å². The van der Waals surface area contributed by atoms with Crippen molar-refractivity contribution in [1.29, 1.82) is 0 Å². The van der Waals surface area contributed by atoms with Gasteiger partial charge in [0.15, 0.2) is 5.65 Å². The van der Waals surface area contributed by atoms with Gasteiger partial charge in [-0.1, -0.05) is 13.8 Å².